The van der Waals surface area contributed by atoms with Gasteiger partial charge in [0.05, 0.1) is 89.4 Å². The Morgan fingerprint density at radius 2 is 0.916 bits per heavy atom. The van der Waals surface area contributed by atoms with Gasteiger partial charge in [0.25, 0.3) is 0 Å². The Balaban J connectivity index is 0.000000236. The molecule has 13 heterocycles. The van der Waals surface area contributed by atoms with Gasteiger partial charge in [0.15, 0.2) is 0 Å². The zero-order chi connectivity index (χ0) is 85.1. The quantitative estimate of drug-likeness (QED) is 0.0487. The predicted octanol–water partition coefficient (Wildman–Crippen LogP) is 25.0. The highest BCUT2D eigenvalue weighted by Crippen LogP contribution is 2.43. The molecule has 12 aromatic rings. The van der Waals surface area contributed by atoms with E-state index in [4.69, 9.17) is 71.1 Å². The molecule has 1 saturated heterocycles. The third kappa shape index (κ3) is 29.6. The molecular weight excluding hydrogens is 1830 g/mol. The molecule has 648 valence electrons. The first-order valence-electron chi connectivity index (χ1n) is 36.8. The van der Waals surface area contributed by atoms with Crippen molar-refractivity contribution >= 4 is 276 Å². The molecule has 0 radical (unpaired) electrons. The summed E-state index contributed by atoms with van der Waals surface area (Å²) in [6.07, 6.45) is -0.743. The van der Waals surface area contributed by atoms with Crippen molar-refractivity contribution in [2.45, 2.75) is 211 Å². The Labute approximate surface area is 769 Å². The Hall–Kier alpha value is -6.00. The number of alkyl carbamates (subject to hydrolysis) is 1. The molecule has 38 heteroatoms. The minimum absolute atomic E-state index is 0. The van der Waals surface area contributed by atoms with Gasteiger partial charge in [-0.3, -0.25) is 14.0 Å². The van der Waals surface area contributed by atoms with Crippen LogP contribution in [-0.2, 0) is 72.5 Å². The first-order chi connectivity index (χ1) is 54.3. The summed E-state index contributed by atoms with van der Waals surface area (Å²) in [5, 5.41) is 23.8. The van der Waals surface area contributed by atoms with Crippen molar-refractivity contribution < 1.29 is 50.7 Å². The minimum Gasteiger partial charge on any atom is -0.444 e. The number of pyridine rings is 4. The van der Waals surface area contributed by atoms with E-state index in [1.807, 2.05) is 143 Å². The van der Waals surface area contributed by atoms with Crippen LogP contribution in [0.3, 0.4) is 0 Å². The first kappa shape index (κ1) is 102. The van der Waals surface area contributed by atoms with Crippen molar-refractivity contribution in [1.82, 2.24) is 29.6 Å². The number of anilines is 4. The zero-order valence-corrected chi connectivity index (χ0v) is 82.8. The van der Waals surface area contributed by atoms with Crippen molar-refractivity contribution in [2.75, 3.05) is 27.0 Å². The van der Waals surface area contributed by atoms with Crippen LogP contribution in [0, 0.1) is 27.7 Å². The molecule has 0 saturated carbocycles. The second-order valence-corrected chi connectivity index (χ2v) is 42.4. The lowest BCUT2D eigenvalue weighted by Gasteiger charge is -2.27. The lowest BCUT2D eigenvalue weighted by Crippen LogP contribution is -2.41. The Morgan fingerprint density at radius 1 is 0.538 bits per heavy atom. The third-order valence-corrected chi connectivity index (χ3v) is 26.8. The van der Waals surface area contributed by atoms with Crippen LogP contribution in [0.5, 0.6) is 0 Å². The second-order valence-electron chi connectivity index (χ2n) is 31.2. The van der Waals surface area contributed by atoms with Crippen LogP contribution in [0.1, 0.15) is 155 Å². The molecule has 5 N–H and O–H groups in total. The van der Waals surface area contributed by atoms with Crippen LogP contribution >= 0.6 is 178 Å². The van der Waals surface area contributed by atoms with Gasteiger partial charge in [-0.25, -0.2) is 39.1 Å². The predicted molar refractivity (Wildman–Crippen MR) is 518 cm³/mol. The molecule has 0 bridgehead atoms. The maximum atomic E-state index is 13.3. The summed E-state index contributed by atoms with van der Waals surface area (Å²) in [4.78, 5) is 78.2. The number of hydrogen-bond acceptors (Lipinski definition) is 26. The molecule has 0 spiro atoms. The maximum Gasteiger partial charge on any atom is 0.426 e. The Bertz CT molecular complexity index is 5460. The Morgan fingerprint density at radius 3 is 1.33 bits per heavy atom. The lowest BCUT2D eigenvalue weighted by molar-refractivity contribution is 0.0364. The van der Waals surface area contributed by atoms with E-state index in [2.05, 4.69) is 94.3 Å². The van der Waals surface area contributed by atoms with E-state index in [9.17, 15) is 27.6 Å². The Kier molecular flexibility index (Phi) is 37.7. The summed E-state index contributed by atoms with van der Waals surface area (Å²) < 4.78 is 53.6. The summed E-state index contributed by atoms with van der Waals surface area (Å²) in [5.41, 5.74) is 14.9. The molecule has 22 nitrogen and oxygen atoms in total. The van der Waals surface area contributed by atoms with Crippen molar-refractivity contribution in [3.63, 3.8) is 0 Å². The van der Waals surface area contributed by atoms with Crippen molar-refractivity contribution in [2.24, 2.45) is 5.73 Å². The van der Waals surface area contributed by atoms with Gasteiger partial charge < -0.3 is 40.6 Å². The van der Waals surface area contributed by atoms with Crippen LogP contribution in [0.2, 0.25) is 20.6 Å². The molecule has 1 aliphatic heterocycles. The van der Waals surface area contributed by atoms with E-state index in [1.54, 1.807) is 140 Å². The maximum absolute atomic E-state index is 13.3. The largest absolute Gasteiger partial charge is 0.444 e. The highest BCUT2D eigenvalue weighted by molar-refractivity contribution is 7.85. The first-order valence-corrected chi connectivity index (χ1v) is 46.6. The van der Waals surface area contributed by atoms with E-state index in [-0.39, 0.29) is 59.2 Å². The number of aryl methyl sites for hydroxylation is 4. The molecule has 0 aromatic carbocycles. The van der Waals surface area contributed by atoms with E-state index < -0.39 is 63.1 Å². The van der Waals surface area contributed by atoms with Crippen molar-refractivity contribution in [3.8, 4) is 0 Å². The molecule has 1 fully saturated rings. The van der Waals surface area contributed by atoms with Crippen LogP contribution in [0.15, 0.2) is 105 Å². The summed E-state index contributed by atoms with van der Waals surface area (Å²) in [7, 11) is -3.95. The van der Waals surface area contributed by atoms with Crippen LogP contribution in [0.25, 0.3) is 40.9 Å². The monoisotopic (exact) mass is 1930 g/mol. The molecule has 119 heavy (non-hydrogen) atoms. The fraction of sp³-hybridized carbons (Fsp3) is 0.407. The summed E-state index contributed by atoms with van der Waals surface area (Å²) in [6, 6.07) is 23.0. The number of nitrogens with two attached hydrogens (primary N) is 1. The number of nitrogens with zero attached hydrogens (tertiary/aromatic N) is 7. The number of ether oxygens (including phenoxy) is 4. The van der Waals surface area contributed by atoms with Gasteiger partial charge in [0, 0.05) is 85.1 Å². The highest BCUT2D eigenvalue weighted by atomic mass is 35.5. The highest BCUT2D eigenvalue weighted by Gasteiger charge is 2.42. The second kappa shape index (κ2) is 44.0. The number of thiophene rings is 8. The standard InChI is InChI=1S/C26H34ClN3O4S2.C18H19ClN2O2S2.C16H18ClN3S2.C13H11ClN2S2.C8H15NO5S.3H2S/c1-15(28-23(31)33-25(3,4)5)12-19-16(2)21-22(36-19)18(13-20(27)29-21)30(14-17-10-9-11-35-17)24(32)34-26(6,7)8;1-11-10-25-16-13(8-14(19)20-15(11)16)21(9-12-6-5-7-24-12)17(22)23-18(2,3)4;1-9(18)6-13-10(2)15-16(22-13)12(7-14(17)20-15)19-8-11-4-3-5-21-11;1-8-7-18-13-10(5-11(14)16-12(8)13)15-6-9-3-2-4-17-9;1-6-5-13-15(11,12)9(6)7(10)14-8(2,3)4;;;/h9-11,13,15H,12,14H2,1-8H3,(H,28,31);5-8,10H,9H2,1-4H3;3-5,7,9H,6,8,18H2,1-2H3,(H,19,20);2-5,7H,6H2,1H3,(H,15,16);6H,5H2,1-4H3;3*1H2/t15-;;9-;;6-;;;/m0.0.0.../s1. The fourth-order valence-corrected chi connectivity index (χ4v) is 20.7. The van der Waals surface area contributed by atoms with Crippen molar-refractivity contribution in [3.05, 3.63) is 177 Å². The van der Waals surface area contributed by atoms with Gasteiger partial charge in [-0.05, 0) is 217 Å². The van der Waals surface area contributed by atoms with Crippen LogP contribution in [0.4, 0.5) is 41.9 Å². The van der Waals surface area contributed by atoms with Gasteiger partial charge in [-0.2, -0.15) is 53.2 Å². The molecule has 13 rings (SSSR count). The fourth-order valence-electron chi connectivity index (χ4n) is 11.3. The molecule has 12 aromatic heterocycles. The topological polar surface area (TPSA) is 272 Å². The lowest BCUT2D eigenvalue weighted by atomic mass is 10.1. The van der Waals surface area contributed by atoms with Crippen LogP contribution < -0.4 is 31.5 Å². The molecular formula is C81H103Cl4N11O11S12. The van der Waals surface area contributed by atoms with E-state index >= 15 is 0 Å². The smallest absolute Gasteiger partial charge is 0.426 e. The van der Waals surface area contributed by atoms with Crippen LogP contribution in [-0.4, -0.2) is 104 Å². The molecule has 4 amide bonds. The molecule has 3 atom stereocenters. The minimum atomic E-state index is -3.95. The number of fused-ring (bicyclic) bond motifs is 4. The third-order valence-electron chi connectivity index (χ3n) is 16.3. The number of carbonyl (C=O) groups is 4. The van der Waals surface area contributed by atoms with E-state index in [0.29, 0.717) is 50.1 Å². The van der Waals surface area contributed by atoms with E-state index in [1.165, 1.54) is 30.5 Å². The van der Waals surface area contributed by atoms with Gasteiger partial charge in [-0.15, -0.1) is 90.7 Å². The number of halogens is 4. The number of carbonyl (C=O) groups excluding carboxylic acids is 4. The number of hydrogen-bond donors (Lipinski definition) is 4. The zero-order valence-electron chi connectivity index (χ0n) is 69.5. The summed E-state index contributed by atoms with van der Waals surface area (Å²) >= 11 is 38.2. The SMILES string of the molecule is C[C@H]1COS(=O)(=O)N1C(=O)OC(C)(C)C.Cc1c(C[C@H](C)N)sc2c(NCc3cccs3)cc(Cl)nc12.Cc1c(C[C@H](C)NC(=O)OC(C)(C)C)sc2c(N(Cc3cccs3)C(=O)OC(C)(C)C)cc(Cl)nc12.Cc1csc2c(N(Cc3cccs3)C(=O)OC(C)(C)C)cc(Cl)nc12.Cc1csc2c(NCc3cccs3)cc(Cl)nc12.S.S.S. The number of aromatic nitrogens is 4. The van der Waals surface area contributed by atoms with Gasteiger partial charge in [0.2, 0.25) is 0 Å². The number of amides is 4. The normalized spacial score (nSPS) is 13.6. The molecule has 0 unspecified atom stereocenters. The van der Waals surface area contributed by atoms with Gasteiger partial charge in [0.1, 0.15) is 43.0 Å². The van der Waals surface area contributed by atoms with Crippen molar-refractivity contribution in [1.29, 1.82) is 0 Å². The average Bonchev–Trinajstić information content (AvgIpc) is 1.64. The molecule has 0 aliphatic carbocycles. The van der Waals surface area contributed by atoms with E-state index in [0.717, 1.165) is 98.5 Å². The number of nitrogens with one attached hydrogen (secondary N) is 3. The van der Waals surface area contributed by atoms with Gasteiger partial charge in [-0.1, -0.05) is 70.7 Å². The number of rotatable bonds is 17. The van der Waals surface area contributed by atoms with Gasteiger partial charge >= 0.3 is 34.7 Å². The summed E-state index contributed by atoms with van der Waals surface area (Å²) in [5.74, 6) is 0. The summed E-state index contributed by atoms with van der Waals surface area (Å²) in [6.45, 7) is 37.6. The average molecular weight is 1930 g/mol. The molecule has 1 aliphatic rings.